The summed E-state index contributed by atoms with van der Waals surface area (Å²) in [5.74, 6) is 0.132. The molecule has 2 aromatic rings. The van der Waals surface area contributed by atoms with Crippen LogP contribution in [0.2, 0.25) is 0 Å². The summed E-state index contributed by atoms with van der Waals surface area (Å²) >= 11 is 0. The van der Waals surface area contributed by atoms with E-state index in [2.05, 4.69) is 10.1 Å². The maximum Gasteiger partial charge on any atom is 0.306 e. The van der Waals surface area contributed by atoms with Crippen LogP contribution in [0.3, 0.4) is 0 Å². The number of carboxylic acid groups (broad SMARTS) is 1. The number of carbonyl (C=O) groups is 1. The Labute approximate surface area is 175 Å². The molecule has 2 aliphatic rings. The predicted molar refractivity (Wildman–Crippen MR) is 107 cm³/mol. The van der Waals surface area contributed by atoms with Gasteiger partial charge in [-0.05, 0) is 64.0 Å². The lowest BCUT2D eigenvalue weighted by atomic mass is 9.87. The van der Waals surface area contributed by atoms with Crippen LogP contribution in [-0.2, 0) is 20.9 Å². The highest BCUT2D eigenvalue weighted by molar-refractivity contribution is 5.70. The van der Waals surface area contributed by atoms with Crippen molar-refractivity contribution in [2.24, 2.45) is 5.92 Å². The monoisotopic (exact) mass is 416 g/mol. The molecule has 0 aromatic carbocycles. The van der Waals surface area contributed by atoms with E-state index in [0.717, 1.165) is 50.0 Å². The first kappa shape index (κ1) is 20.8. The van der Waals surface area contributed by atoms with Crippen molar-refractivity contribution < 1.29 is 28.6 Å². The van der Waals surface area contributed by atoms with Gasteiger partial charge in [0.15, 0.2) is 12.1 Å². The van der Waals surface area contributed by atoms with Gasteiger partial charge in [0, 0.05) is 6.61 Å². The normalized spacial score (nSPS) is 24.5. The molecule has 1 N–H and O–H groups in total. The number of hydrogen-bond donors (Lipinski definition) is 1. The minimum absolute atomic E-state index is 0.0977. The van der Waals surface area contributed by atoms with E-state index in [9.17, 15) is 9.90 Å². The molecule has 0 amide bonds. The lowest BCUT2D eigenvalue weighted by molar-refractivity contribution is -0.168. The van der Waals surface area contributed by atoms with Gasteiger partial charge in [-0.3, -0.25) is 4.79 Å². The smallest absolute Gasteiger partial charge is 0.306 e. The minimum atomic E-state index is -0.745. The maximum absolute atomic E-state index is 11.2. The molecule has 1 saturated carbocycles. The zero-order valence-corrected chi connectivity index (χ0v) is 17.2. The highest BCUT2D eigenvalue weighted by atomic mass is 16.7. The molecule has 1 aliphatic carbocycles. The van der Waals surface area contributed by atoms with Gasteiger partial charge < -0.3 is 23.8 Å². The van der Waals surface area contributed by atoms with E-state index in [4.69, 9.17) is 18.7 Å². The molecule has 0 bridgehead atoms. The lowest BCUT2D eigenvalue weighted by Crippen LogP contribution is -2.29. The molecule has 0 spiro atoms. The number of aromatic nitrogens is 2. The fourth-order valence-corrected chi connectivity index (χ4v) is 4.03. The third-order valence-corrected chi connectivity index (χ3v) is 5.78. The second-order valence-corrected chi connectivity index (χ2v) is 8.00. The summed E-state index contributed by atoms with van der Waals surface area (Å²) in [5.41, 5.74) is 2.28. The van der Waals surface area contributed by atoms with E-state index in [1.165, 1.54) is 0 Å². The summed E-state index contributed by atoms with van der Waals surface area (Å²) in [7, 11) is 0. The molecule has 4 rings (SSSR count). The molecular formula is C22H28N2O6. The lowest BCUT2D eigenvalue weighted by Gasteiger charge is -2.27. The summed E-state index contributed by atoms with van der Waals surface area (Å²) in [6.07, 6.45) is 7.41. The number of aliphatic carboxylic acids is 1. The number of pyridine rings is 1. The van der Waals surface area contributed by atoms with Crippen LogP contribution in [0.15, 0.2) is 22.9 Å². The number of ether oxygens (including phenoxy) is 3. The second kappa shape index (κ2) is 9.57. The number of hydrogen-bond acceptors (Lipinski definition) is 7. The first-order valence-corrected chi connectivity index (χ1v) is 10.6. The minimum Gasteiger partial charge on any atom is -0.489 e. The fraction of sp³-hybridized carbons (Fsp3) is 0.591. The van der Waals surface area contributed by atoms with Crippen molar-refractivity contribution in [3.05, 3.63) is 29.6 Å². The van der Waals surface area contributed by atoms with Gasteiger partial charge in [0.1, 0.15) is 11.4 Å². The predicted octanol–water partition coefficient (Wildman–Crippen LogP) is 4.11. The Morgan fingerprint density at radius 2 is 2.13 bits per heavy atom. The van der Waals surface area contributed by atoms with Gasteiger partial charge in [-0.2, -0.15) is 0 Å². The molecule has 2 fully saturated rings. The van der Waals surface area contributed by atoms with Crippen molar-refractivity contribution in [2.75, 3.05) is 6.61 Å². The third-order valence-electron chi connectivity index (χ3n) is 5.78. The van der Waals surface area contributed by atoms with E-state index >= 15 is 0 Å². The Balaban J connectivity index is 1.39. The summed E-state index contributed by atoms with van der Waals surface area (Å²) in [4.78, 5) is 15.7. The molecule has 3 atom stereocenters. The molecule has 2 aromatic heterocycles. The molecule has 3 heterocycles. The first-order chi connectivity index (χ1) is 14.6. The molecular weight excluding hydrogens is 388 g/mol. The van der Waals surface area contributed by atoms with Gasteiger partial charge in [-0.25, -0.2) is 4.98 Å². The van der Waals surface area contributed by atoms with Crippen LogP contribution in [-0.4, -0.2) is 40.2 Å². The summed E-state index contributed by atoms with van der Waals surface area (Å²) in [5, 5.41) is 13.3. The van der Waals surface area contributed by atoms with Gasteiger partial charge in [-0.1, -0.05) is 5.16 Å². The molecule has 1 saturated heterocycles. The van der Waals surface area contributed by atoms with Crippen molar-refractivity contribution in [1.82, 2.24) is 10.1 Å². The number of carboxylic acids is 1. The largest absolute Gasteiger partial charge is 0.489 e. The van der Waals surface area contributed by atoms with Crippen LogP contribution in [0.4, 0.5) is 0 Å². The van der Waals surface area contributed by atoms with Gasteiger partial charge in [0.25, 0.3) is 0 Å². The molecule has 0 radical (unpaired) electrons. The number of aryl methyl sites for hydroxylation is 1. The summed E-state index contributed by atoms with van der Waals surface area (Å²) in [6, 6.07) is 3.66. The molecule has 162 valence electrons. The zero-order chi connectivity index (χ0) is 20.9. The Hall–Kier alpha value is -2.45. The van der Waals surface area contributed by atoms with Crippen LogP contribution in [0.5, 0.6) is 5.75 Å². The van der Waals surface area contributed by atoms with E-state index in [1.807, 2.05) is 19.1 Å². The third kappa shape index (κ3) is 4.99. The van der Waals surface area contributed by atoms with Crippen LogP contribution < -0.4 is 4.74 Å². The highest BCUT2D eigenvalue weighted by Gasteiger charge is 2.28. The standard InChI is InChI=1S/C22H28N2O6/c1-14-18(13-28-20-7-2-3-10-27-20)21(30-24-14)19-9-8-17(12-23-19)29-16-6-4-5-15(11-16)22(25)26/h8-9,12,15-16,20H,2-7,10-11,13H2,1H3,(H,25,26)/t15-,16-,20?/m0/s1. The maximum atomic E-state index is 11.2. The topological polar surface area (TPSA) is 104 Å². The van der Waals surface area contributed by atoms with Crippen molar-refractivity contribution in [3.63, 3.8) is 0 Å². The summed E-state index contributed by atoms with van der Waals surface area (Å²) in [6.45, 7) is 2.97. The molecule has 1 aliphatic heterocycles. The van der Waals surface area contributed by atoms with Gasteiger partial charge >= 0.3 is 5.97 Å². The molecule has 1 unspecified atom stereocenters. The average Bonchev–Trinajstić information content (AvgIpc) is 3.14. The van der Waals surface area contributed by atoms with Gasteiger partial charge in [-0.15, -0.1) is 0 Å². The van der Waals surface area contributed by atoms with Crippen LogP contribution >= 0.6 is 0 Å². The first-order valence-electron chi connectivity index (χ1n) is 10.6. The summed E-state index contributed by atoms with van der Waals surface area (Å²) < 4.78 is 23.0. The van der Waals surface area contributed by atoms with E-state index in [1.54, 1.807) is 6.20 Å². The number of nitrogens with zero attached hydrogens (tertiary/aromatic N) is 2. The van der Waals surface area contributed by atoms with Crippen LogP contribution in [0.1, 0.15) is 56.2 Å². The van der Waals surface area contributed by atoms with Gasteiger partial charge in [0.2, 0.25) is 0 Å². The second-order valence-electron chi connectivity index (χ2n) is 8.00. The van der Waals surface area contributed by atoms with Crippen LogP contribution in [0, 0.1) is 12.8 Å². The van der Waals surface area contributed by atoms with E-state index in [0.29, 0.717) is 36.7 Å². The molecule has 30 heavy (non-hydrogen) atoms. The average molecular weight is 416 g/mol. The van der Waals surface area contributed by atoms with Crippen molar-refractivity contribution >= 4 is 5.97 Å². The van der Waals surface area contributed by atoms with Crippen molar-refractivity contribution in [3.8, 4) is 17.2 Å². The zero-order valence-electron chi connectivity index (χ0n) is 17.2. The van der Waals surface area contributed by atoms with Crippen LogP contribution in [0.25, 0.3) is 11.5 Å². The number of rotatable bonds is 7. The Morgan fingerprint density at radius 1 is 1.23 bits per heavy atom. The quantitative estimate of drug-likeness (QED) is 0.719. The Kier molecular flexibility index (Phi) is 6.64. The van der Waals surface area contributed by atoms with Crippen molar-refractivity contribution in [1.29, 1.82) is 0 Å². The Bertz CT molecular complexity index is 844. The van der Waals surface area contributed by atoms with Gasteiger partial charge in [0.05, 0.1) is 36.1 Å². The fourth-order valence-electron chi connectivity index (χ4n) is 4.03. The van der Waals surface area contributed by atoms with Crippen molar-refractivity contribution in [2.45, 2.75) is 70.9 Å². The highest BCUT2D eigenvalue weighted by Crippen LogP contribution is 2.30. The molecule has 8 heteroatoms. The van der Waals surface area contributed by atoms with E-state index in [-0.39, 0.29) is 18.3 Å². The SMILES string of the molecule is Cc1noc(-c2ccc(O[C@H]3CCC[C@H](C(=O)O)C3)cn2)c1COC1CCCCO1. The molecule has 8 nitrogen and oxygen atoms in total. The Morgan fingerprint density at radius 3 is 2.87 bits per heavy atom. The van der Waals surface area contributed by atoms with E-state index < -0.39 is 5.97 Å².